The van der Waals surface area contributed by atoms with E-state index < -0.39 is 0 Å². The molecule has 0 aromatic heterocycles. The molecular weight excluding hydrogens is 377 g/mol. The molecule has 4 nitrogen and oxygen atoms in total. The van der Waals surface area contributed by atoms with E-state index in [9.17, 15) is 4.79 Å². The molecule has 1 aliphatic carbocycles. The molecule has 0 heterocycles. The van der Waals surface area contributed by atoms with Gasteiger partial charge in [-0.15, -0.1) is 0 Å². The first-order valence-electron chi connectivity index (χ1n) is 7.41. The number of anilines is 1. The van der Waals surface area contributed by atoms with E-state index >= 15 is 0 Å². The summed E-state index contributed by atoms with van der Waals surface area (Å²) >= 11 is 2.28. The molecular formula is C16H22IN3O. The third-order valence-electron chi connectivity index (χ3n) is 3.84. The van der Waals surface area contributed by atoms with E-state index in [1.807, 2.05) is 19.1 Å². The Morgan fingerprint density at radius 2 is 2.24 bits per heavy atom. The van der Waals surface area contributed by atoms with Crippen molar-refractivity contribution in [3.8, 4) is 0 Å². The topological polar surface area (TPSA) is 53.5 Å². The Labute approximate surface area is 139 Å². The van der Waals surface area contributed by atoms with Crippen LogP contribution in [-0.2, 0) is 4.79 Å². The molecule has 5 heteroatoms. The molecule has 1 atom stereocenters. The number of nitrogens with zero attached hydrogens (tertiary/aromatic N) is 1. The molecule has 2 N–H and O–H groups in total. The van der Waals surface area contributed by atoms with Gasteiger partial charge in [0, 0.05) is 15.0 Å². The fourth-order valence-corrected chi connectivity index (χ4v) is 3.16. The van der Waals surface area contributed by atoms with Crippen molar-refractivity contribution >= 4 is 39.9 Å². The van der Waals surface area contributed by atoms with Crippen molar-refractivity contribution in [1.82, 2.24) is 5.43 Å². The van der Waals surface area contributed by atoms with E-state index in [0.29, 0.717) is 5.92 Å². The lowest BCUT2D eigenvalue weighted by atomic mass is 9.89. The monoisotopic (exact) mass is 399 g/mol. The van der Waals surface area contributed by atoms with Crippen molar-refractivity contribution in [3.05, 3.63) is 27.3 Å². The molecule has 1 aromatic carbocycles. The Balaban J connectivity index is 1.83. The molecule has 21 heavy (non-hydrogen) atoms. The van der Waals surface area contributed by atoms with Gasteiger partial charge in [0.25, 0.3) is 5.91 Å². The van der Waals surface area contributed by atoms with Gasteiger partial charge in [0.15, 0.2) is 0 Å². The minimum absolute atomic E-state index is 0.0989. The summed E-state index contributed by atoms with van der Waals surface area (Å²) < 4.78 is 1.19. The normalized spacial score (nSPS) is 20.3. The maximum absolute atomic E-state index is 11.9. The Bertz CT molecular complexity index is 542. The van der Waals surface area contributed by atoms with Gasteiger partial charge < -0.3 is 5.32 Å². The Morgan fingerprint density at radius 3 is 2.95 bits per heavy atom. The van der Waals surface area contributed by atoms with Crippen LogP contribution in [0.2, 0.25) is 0 Å². The lowest BCUT2D eigenvalue weighted by Gasteiger charge is -2.19. The molecule has 1 unspecified atom stereocenters. The SMILES string of the molecule is Cc1cc(I)ccc1NCC(=O)N/N=C1/CCCCC1C. The number of carbonyl (C=O) groups excluding carboxylic acids is 1. The van der Waals surface area contributed by atoms with E-state index in [1.54, 1.807) is 0 Å². The van der Waals surface area contributed by atoms with Crippen LogP contribution in [0.1, 0.15) is 38.2 Å². The number of rotatable bonds is 4. The third-order valence-corrected chi connectivity index (χ3v) is 4.51. The van der Waals surface area contributed by atoms with Crippen LogP contribution >= 0.6 is 22.6 Å². The van der Waals surface area contributed by atoms with E-state index in [2.05, 4.69) is 51.4 Å². The number of amides is 1. The average Bonchev–Trinajstić information content (AvgIpc) is 2.45. The van der Waals surface area contributed by atoms with Crippen molar-refractivity contribution in [2.45, 2.75) is 39.5 Å². The Kier molecular flexibility index (Phi) is 6.02. The molecule has 1 amide bonds. The van der Waals surface area contributed by atoms with Gasteiger partial charge in [0.1, 0.15) is 0 Å². The number of hydrazone groups is 1. The smallest absolute Gasteiger partial charge is 0.259 e. The lowest BCUT2D eigenvalue weighted by molar-refractivity contribution is -0.119. The van der Waals surface area contributed by atoms with Gasteiger partial charge in [-0.3, -0.25) is 4.79 Å². The Morgan fingerprint density at radius 1 is 1.43 bits per heavy atom. The van der Waals surface area contributed by atoms with Crippen LogP contribution in [0.15, 0.2) is 23.3 Å². The first-order chi connectivity index (χ1) is 10.1. The standard InChI is InChI=1S/C16H22IN3O/c1-11-5-3-4-6-15(11)19-20-16(21)10-18-14-8-7-13(17)9-12(14)2/h7-9,11,18H,3-6,10H2,1-2H3,(H,20,21)/b19-15-. The fourth-order valence-electron chi connectivity index (χ4n) is 2.51. The molecule has 0 spiro atoms. The van der Waals surface area contributed by atoms with Crippen molar-refractivity contribution in [2.24, 2.45) is 11.0 Å². The van der Waals surface area contributed by atoms with Crippen LogP contribution in [0.5, 0.6) is 0 Å². The number of hydrogen-bond donors (Lipinski definition) is 2. The van der Waals surface area contributed by atoms with Gasteiger partial charge in [0.2, 0.25) is 0 Å². The highest BCUT2D eigenvalue weighted by atomic mass is 127. The summed E-state index contributed by atoms with van der Waals surface area (Å²) in [7, 11) is 0. The summed E-state index contributed by atoms with van der Waals surface area (Å²) in [6.45, 7) is 4.45. The van der Waals surface area contributed by atoms with E-state index in [-0.39, 0.29) is 12.5 Å². The van der Waals surface area contributed by atoms with Crippen LogP contribution < -0.4 is 10.7 Å². The molecule has 1 aromatic rings. The van der Waals surface area contributed by atoms with Gasteiger partial charge in [-0.2, -0.15) is 5.10 Å². The molecule has 0 saturated heterocycles. The molecule has 114 valence electrons. The maximum Gasteiger partial charge on any atom is 0.259 e. The van der Waals surface area contributed by atoms with Crippen LogP contribution in [0.25, 0.3) is 0 Å². The molecule has 0 bridgehead atoms. The number of benzene rings is 1. The van der Waals surface area contributed by atoms with Gasteiger partial charge >= 0.3 is 0 Å². The molecule has 1 fully saturated rings. The predicted molar refractivity (Wildman–Crippen MR) is 95.6 cm³/mol. The number of aryl methyl sites for hydroxylation is 1. The molecule has 0 radical (unpaired) electrons. The fraction of sp³-hybridized carbons (Fsp3) is 0.500. The second kappa shape index (κ2) is 7.77. The summed E-state index contributed by atoms with van der Waals surface area (Å²) in [5.41, 5.74) is 5.92. The summed E-state index contributed by atoms with van der Waals surface area (Å²) in [5, 5.41) is 7.44. The second-order valence-corrected chi connectivity index (χ2v) is 6.84. The van der Waals surface area contributed by atoms with Gasteiger partial charge in [0.05, 0.1) is 6.54 Å². The average molecular weight is 399 g/mol. The zero-order valence-corrected chi connectivity index (χ0v) is 14.7. The first-order valence-corrected chi connectivity index (χ1v) is 8.49. The van der Waals surface area contributed by atoms with E-state index in [1.165, 1.54) is 22.8 Å². The highest BCUT2D eigenvalue weighted by Crippen LogP contribution is 2.20. The van der Waals surface area contributed by atoms with Crippen molar-refractivity contribution in [3.63, 3.8) is 0 Å². The van der Waals surface area contributed by atoms with Crippen molar-refractivity contribution < 1.29 is 4.79 Å². The first kappa shape index (κ1) is 16.3. The third kappa shape index (κ3) is 4.98. The maximum atomic E-state index is 11.9. The van der Waals surface area contributed by atoms with Gasteiger partial charge in [-0.25, -0.2) is 5.43 Å². The van der Waals surface area contributed by atoms with Gasteiger partial charge in [-0.1, -0.05) is 13.3 Å². The van der Waals surface area contributed by atoms with Crippen LogP contribution in [0.4, 0.5) is 5.69 Å². The van der Waals surface area contributed by atoms with E-state index in [0.717, 1.165) is 23.4 Å². The number of hydrogen-bond acceptors (Lipinski definition) is 3. The highest BCUT2D eigenvalue weighted by Gasteiger charge is 2.16. The minimum atomic E-state index is -0.0989. The zero-order valence-electron chi connectivity index (χ0n) is 12.6. The number of carbonyl (C=O) groups is 1. The molecule has 1 aliphatic rings. The number of nitrogens with one attached hydrogen (secondary N) is 2. The summed E-state index contributed by atoms with van der Waals surface area (Å²) in [5.74, 6) is 0.392. The second-order valence-electron chi connectivity index (χ2n) is 5.60. The summed E-state index contributed by atoms with van der Waals surface area (Å²) in [6, 6.07) is 6.11. The zero-order chi connectivity index (χ0) is 15.2. The Hall–Kier alpha value is -1.11. The van der Waals surface area contributed by atoms with Crippen LogP contribution in [-0.4, -0.2) is 18.2 Å². The highest BCUT2D eigenvalue weighted by molar-refractivity contribution is 14.1. The minimum Gasteiger partial charge on any atom is -0.376 e. The lowest BCUT2D eigenvalue weighted by Crippen LogP contribution is -2.29. The molecule has 2 rings (SSSR count). The summed E-state index contributed by atoms with van der Waals surface area (Å²) in [6.07, 6.45) is 4.63. The van der Waals surface area contributed by atoms with Crippen molar-refractivity contribution in [1.29, 1.82) is 0 Å². The van der Waals surface area contributed by atoms with Crippen LogP contribution in [0.3, 0.4) is 0 Å². The van der Waals surface area contributed by atoms with Gasteiger partial charge in [-0.05, 0) is 78.5 Å². The largest absolute Gasteiger partial charge is 0.376 e. The van der Waals surface area contributed by atoms with E-state index in [4.69, 9.17) is 0 Å². The predicted octanol–water partition coefficient (Wildman–Crippen LogP) is 3.69. The van der Waals surface area contributed by atoms with Crippen LogP contribution in [0, 0.1) is 16.4 Å². The molecule has 0 aliphatic heterocycles. The quantitative estimate of drug-likeness (QED) is 0.600. The summed E-state index contributed by atoms with van der Waals surface area (Å²) in [4.78, 5) is 11.9. The number of halogens is 1. The van der Waals surface area contributed by atoms with Crippen molar-refractivity contribution in [2.75, 3.05) is 11.9 Å². The molecule has 1 saturated carbocycles.